The van der Waals surface area contributed by atoms with Gasteiger partial charge in [0.2, 0.25) is 0 Å². The summed E-state index contributed by atoms with van der Waals surface area (Å²) < 4.78 is 6.51. The van der Waals surface area contributed by atoms with E-state index in [9.17, 15) is 4.79 Å². The fourth-order valence-electron chi connectivity index (χ4n) is 1.80. The Morgan fingerprint density at radius 3 is 2.95 bits per heavy atom. The van der Waals surface area contributed by atoms with Gasteiger partial charge in [-0.1, -0.05) is 30.0 Å². The topological polar surface area (TPSA) is 38.3 Å². The smallest absolute Gasteiger partial charge is 0.410 e. The molecule has 1 aromatic carbocycles. The Balaban J connectivity index is 2.10. The lowest BCUT2D eigenvalue weighted by molar-refractivity contribution is 0.194. The molecule has 96 valence electrons. The summed E-state index contributed by atoms with van der Waals surface area (Å²) in [5, 5.41) is 4.48. The molecule has 0 spiro atoms. The lowest BCUT2D eigenvalue weighted by Crippen LogP contribution is -2.18. The Bertz CT molecular complexity index is 661. The highest BCUT2D eigenvalue weighted by Gasteiger charge is 2.19. The number of rotatable bonds is 1. The van der Waals surface area contributed by atoms with Gasteiger partial charge in [0.15, 0.2) is 0 Å². The number of amides is 1. The summed E-state index contributed by atoms with van der Waals surface area (Å²) in [7, 11) is 1.55. The van der Waals surface area contributed by atoms with E-state index in [1.165, 1.54) is 4.90 Å². The van der Waals surface area contributed by atoms with Crippen molar-refractivity contribution >= 4 is 41.0 Å². The van der Waals surface area contributed by atoms with Crippen LogP contribution >= 0.6 is 23.1 Å². The minimum absolute atomic E-state index is 0.451. The summed E-state index contributed by atoms with van der Waals surface area (Å²) in [4.78, 5) is 12.6. The number of carbonyl (C=O) groups is 1. The second kappa shape index (κ2) is 5.11. The molecule has 5 heteroatoms. The third-order valence-electron chi connectivity index (χ3n) is 2.71. The van der Waals surface area contributed by atoms with Crippen LogP contribution in [-0.2, 0) is 4.74 Å². The molecular formula is C14H11NO2S2. The van der Waals surface area contributed by atoms with E-state index in [0.29, 0.717) is 5.76 Å². The molecule has 0 unspecified atom stereocenters. The van der Waals surface area contributed by atoms with E-state index < -0.39 is 6.09 Å². The van der Waals surface area contributed by atoms with Crippen molar-refractivity contribution in [2.45, 2.75) is 9.10 Å². The molecule has 3 rings (SSSR count). The van der Waals surface area contributed by atoms with Crippen LogP contribution in [0.5, 0.6) is 0 Å². The fourth-order valence-corrected chi connectivity index (χ4v) is 3.93. The predicted octanol–water partition coefficient (Wildman–Crippen LogP) is 4.07. The highest BCUT2D eigenvalue weighted by molar-refractivity contribution is 8.01. The number of thiophene rings is 1. The third-order valence-corrected chi connectivity index (χ3v) is 4.95. The average Bonchev–Trinajstić information content (AvgIpc) is 2.82. The number of benzene rings is 1. The molecule has 2 heterocycles. The van der Waals surface area contributed by atoms with Crippen LogP contribution in [0.15, 0.2) is 44.8 Å². The van der Waals surface area contributed by atoms with Crippen molar-refractivity contribution in [1.29, 1.82) is 0 Å². The van der Waals surface area contributed by atoms with Gasteiger partial charge in [0.05, 0.1) is 4.21 Å². The van der Waals surface area contributed by atoms with Gasteiger partial charge in [-0.05, 0) is 29.2 Å². The highest BCUT2D eigenvalue weighted by Crippen LogP contribution is 2.43. The summed E-state index contributed by atoms with van der Waals surface area (Å²) in [6.45, 7) is 0. The number of ether oxygens (including phenoxy) is 1. The fraction of sp³-hybridized carbons (Fsp3) is 0.0714. The van der Waals surface area contributed by atoms with Crippen molar-refractivity contribution in [2.75, 3.05) is 7.05 Å². The molecule has 19 heavy (non-hydrogen) atoms. The van der Waals surface area contributed by atoms with Crippen LogP contribution in [0, 0.1) is 0 Å². The van der Waals surface area contributed by atoms with E-state index >= 15 is 0 Å². The zero-order chi connectivity index (χ0) is 13.2. The van der Waals surface area contributed by atoms with Crippen LogP contribution in [0.4, 0.5) is 4.79 Å². The van der Waals surface area contributed by atoms with Crippen molar-refractivity contribution in [1.82, 2.24) is 5.32 Å². The van der Waals surface area contributed by atoms with E-state index in [2.05, 4.69) is 11.4 Å². The normalized spacial score (nSPS) is 12.8. The quantitative estimate of drug-likeness (QED) is 0.860. The number of hydrogen-bond acceptors (Lipinski definition) is 4. The van der Waals surface area contributed by atoms with E-state index in [4.69, 9.17) is 4.74 Å². The van der Waals surface area contributed by atoms with Gasteiger partial charge in [0.1, 0.15) is 5.76 Å². The molecular weight excluding hydrogens is 278 g/mol. The summed E-state index contributed by atoms with van der Waals surface area (Å²) in [6.07, 6.45) is 1.46. The maximum atomic E-state index is 11.5. The van der Waals surface area contributed by atoms with Crippen LogP contribution in [0.25, 0.3) is 11.8 Å². The van der Waals surface area contributed by atoms with E-state index in [-0.39, 0.29) is 0 Å². The minimum atomic E-state index is -0.451. The number of hydrogen-bond donors (Lipinski definition) is 1. The van der Waals surface area contributed by atoms with Gasteiger partial charge in [-0.2, -0.15) is 0 Å². The summed E-state index contributed by atoms with van der Waals surface area (Å²) in [6, 6.07) is 10.1. The molecule has 0 saturated carbocycles. The molecule has 0 saturated heterocycles. The summed E-state index contributed by atoms with van der Waals surface area (Å²) in [5.41, 5.74) is 2.03. The lowest BCUT2D eigenvalue weighted by Gasteiger charge is -2.06. The first-order valence-corrected chi connectivity index (χ1v) is 7.43. The van der Waals surface area contributed by atoms with Crippen LogP contribution in [0.3, 0.4) is 0 Å². The molecule has 1 aromatic heterocycles. The Labute approximate surface area is 119 Å². The molecule has 2 aromatic rings. The third kappa shape index (κ3) is 2.39. The van der Waals surface area contributed by atoms with Crippen LogP contribution in [0.1, 0.15) is 11.1 Å². The van der Waals surface area contributed by atoms with Crippen molar-refractivity contribution in [3.8, 4) is 0 Å². The van der Waals surface area contributed by atoms with Gasteiger partial charge < -0.3 is 10.1 Å². The van der Waals surface area contributed by atoms with Crippen molar-refractivity contribution < 1.29 is 9.53 Å². The molecule has 0 aliphatic carbocycles. The highest BCUT2D eigenvalue weighted by atomic mass is 32.2. The van der Waals surface area contributed by atoms with Crippen molar-refractivity contribution in [3.63, 3.8) is 0 Å². The van der Waals surface area contributed by atoms with Gasteiger partial charge in [-0.25, -0.2) is 4.79 Å². The number of alkyl carbamates (subject to hydrolysis) is 1. The molecule has 1 aliphatic rings. The molecule has 1 amide bonds. The van der Waals surface area contributed by atoms with Crippen molar-refractivity contribution in [2.24, 2.45) is 0 Å². The average molecular weight is 289 g/mol. The lowest BCUT2D eigenvalue weighted by atomic mass is 10.1. The Hall–Kier alpha value is -1.72. The van der Waals surface area contributed by atoms with Crippen LogP contribution in [-0.4, -0.2) is 13.1 Å². The first kappa shape index (κ1) is 12.3. The first-order valence-electron chi connectivity index (χ1n) is 5.74. The van der Waals surface area contributed by atoms with Gasteiger partial charge in [0, 0.05) is 17.5 Å². The molecule has 0 fully saturated rings. The molecule has 1 N–H and O–H groups in total. The monoisotopic (exact) mass is 289 g/mol. The second-order valence-electron chi connectivity index (χ2n) is 3.91. The first-order chi connectivity index (χ1) is 9.28. The summed E-state index contributed by atoms with van der Waals surface area (Å²) >= 11 is 3.35. The Kier molecular flexibility index (Phi) is 3.31. The largest absolute Gasteiger partial charge is 0.412 e. The number of nitrogens with one attached hydrogen (secondary N) is 1. The van der Waals surface area contributed by atoms with Gasteiger partial charge in [-0.15, -0.1) is 11.3 Å². The standard InChI is InChI=1S/C14H11NO2S2/c1-15-14(16)17-11-8-9-4-2-3-5-12(9)19-13-10(11)6-7-18-13/h2-8H,1H3,(H,15,16). The van der Waals surface area contributed by atoms with Crippen LogP contribution < -0.4 is 5.32 Å². The zero-order valence-electron chi connectivity index (χ0n) is 10.2. The number of carbonyl (C=O) groups excluding carboxylic acids is 1. The maximum absolute atomic E-state index is 11.5. The molecule has 3 nitrogen and oxygen atoms in total. The maximum Gasteiger partial charge on any atom is 0.412 e. The van der Waals surface area contributed by atoms with Gasteiger partial charge in [-0.3, -0.25) is 0 Å². The molecule has 0 radical (unpaired) electrons. The molecule has 0 bridgehead atoms. The van der Waals surface area contributed by atoms with E-state index in [0.717, 1.165) is 15.3 Å². The molecule has 1 aliphatic heterocycles. The Morgan fingerprint density at radius 1 is 1.26 bits per heavy atom. The Morgan fingerprint density at radius 2 is 2.11 bits per heavy atom. The van der Waals surface area contributed by atoms with Gasteiger partial charge in [0.25, 0.3) is 0 Å². The van der Waals surface area contributed by atoms with E-state index in [1.54, 1.807) is 30.1 Å². The van der Waals surface area contributed by atoms with Gasteiger partial charge >= 0.3 is 6.09 Å². The second-order valence-corrected chi connectivity index (χ2v) is 6.14. The summed E-state index contributed by atoms with van der Waals surface area (Å²) in [5.74, 6) is 0.591. The molecule has 0 atom stereocenters. The van der Waals surface area contributed by atoms with Crippen molar-refractivity contribution in [3.05, 3.63) is 46.8 Å². The SMILES string of the molecule is CNC(=O)OC1=Cc2ccccc2Sc2sccc21. The van der Waals surface area contributed by atoms with E-state index in [1.807, 2.05) is 35.7 Å². The number of fused-ring (bicyclic) bond motifs is 2. The predicted molar refractivity (Wildman–Crippen MR) is 78.3 cm³/mol. The minimum Gasteiger partial charge on any atom is -0.410 e. The van der Waals surface area contributed by atoms with Crippen LogP contribution in [0.2, 0.25) is 0 Å². The zero-order valence-corrected chi connectivity index (χ0v) is 11.8.